The molecular formula is C12H14BrFN2O. The molecule has 1 heterocycles. The normalized spacial score (nSPS) is 19.7. The minimum absolute atomic E-state index is 0.0919. The van der Waals surface area contributed by atoms with Crippen molar-refractivity contribution in [3.63, 3.8) is 0 Å². The maximum Gasteiger partial charge on any atom is 0.254 e. The van der Waals surface area contributed by atoms with Gasteiger partial charge in [0.25, 0.3) is 5.91 Å². The van der Waals surface area contributed by atoms with Crippen molar-refractivity contribution in [1.82, 2.24) is 4.90 Å². The zero-order valence-electron chi connectivity index (χ0n) is 9.33. The standard InChI is InChI=1S/C12H14BrFN2O/c13-10-4-3-8(6-11(10)14)12(17)16-5-1-2-9(16)7-15/h3-4,6,9H,1-2,5,7,15H2/t9-/m1/s1. The van der Waals surface area contributed by atoms with E-state index in [0.29, 0.717) is 23.1 Å². The van der Waals surface area contributed by atoms with Gasteiger partial charge in [0, 0.05) is 24.7 Å². The molecule has 0 bridgehead atoms. The predicted octanol–water partition coefficient (Wildman–Crippen LogP) is 2.15. The van der Waals surface area contributed by atoms with Gasteiger partial charge in [-0.3, -0.25) is 4.79 Å². The molecule has 5 heteroatoms. The number of likely N-dealkylation sites (tertiary alicyclic amines) is 1. The van der Waals surface area contributed by atoms with E-state index in [9.17, 15) is 9.18 Å². The zero-order valence-corrected chi connectivity index (χ0v) is 10.9. The lowest BCUT2D eigenvalue weighted by Gasteiger charge is -2.23. The first kappa shape index (κ1) is 12.5. The number of benzene rings is 1. The van der Waals surface area contributed by atoms with E-state index in [-0.39, 0.29) is 11.9 Å². The molecule has 3 nitrogen and oxygen atoms in total. The van der Waals surface area contributed by atoms with Crippen molar-refractivity contribution in [3.05, 3.63) is 34.1 Å². The molecule has 0 aromatic heterocycles. The van der Waals surface area contributed by atoms with Crippen LogP contribution in [0, 0.1) is 5.82 Å². The van der Waals surface area contributed by atoms with Crippen molar-refractivity contribution in [2.24, 2.45) is 5.73 Å². The molecule has 1 aromatic rings. The summed E-state index contributed by atoms with van der Waals surface area (Å²) in [4.78, 5) is 13.9. The zero-order chi connectivity index (χ0) is 12.4. The summed E-state index contributed by atoms with van der Waals surface area (Å²) < 4.78 is 13.7. The molecule has 1 aliphatic heterocycles. The maximum atomic E-state index is 13.4. The molecule has 2 rings (SSSR count). The van der Waals surface area contributed by atoms with Crippen LogP contribution in [0.15, 0.2) is 22.7 Å². The molecule has 0 spiro atoms. The van der Waals surface area contributed by atoms with Gasteiger partial charge >= 0.3 is 0 Å². The van der Waals surface area contributed by atoms with E-state index in [4.69, 9.17) is 5.73 Å². The number of hydrogen-bond donors (Lipinski definition) is 1. The van der Waals surface area contributed by atoms with E-state index in [0.717, 1.165) is 12.8 Å². The Morgan fingerprint density at radius 3 is 3.00 bits per heavy atom. The van der Waals surface area contributed by atoms with Crippen LogP contribution < -0.4 is 5.73 Å². The molecule has 1 saturated heterocycles. The molecule has 1 aliphatic rings. The molecule has 1 fully saturated rings. The highest BCUT2D eigenvalue weighted by Crippen LogP contribution is 2.22. The summed E-state index contributed by atoms with van der Waals surface area (Å²) in [5.41, 5.74) is 6.00. The highest BCUT2D eigenvalue weighted by Gasteiger charge is 2.28. The van der Waals surface area contributed by atoms with Gasteiger partial charge in [0.05, 0.1) is 4.47 Å². The van der Waals surface area contributed by atoms with Gasteiger partial charge in [-0.15, -0.1) is 0 Å². The SMILES string of the molecule is NC[C@H]1CCCN1C(=O)c1ccc(Br)c(F)c1. The van der Waals surface area contributed by atoms with Gasteiger partial charge in [-0.1, -0.05) is 0 Å². The van der Waals surface area contributed by atoms with Crippen molar-refractivity contribution >= 4 is 21.8 Å². The second kappa shape index (κ2) is 5.14. The summed E-state index contributed by atoms with van der Waals surface area (Å²) in [5.74, 6) is -0.552. The van der Waals surface area contributed by atoms with Crippen molar-refractivity contribution in [2.75, 3.05) is 13.1 Å². The number of hydrogen-bond acceptors (Lipinski definition) is 2. The third-order valence-electron chi connectivity index (χ3n) is 3.08. The van der Waals surface area contributed by atoms with Crippen LogP contribution in [0.25, 0.3) is 0 Å². The van der Waals surface area contributed by atoms with Crippen LogP contribution in [0.3, 0.4) is 0 Å². The fourth-order valence-electron chi connectivity index (χ4n) is 2.14. The van der Waals surface area contributed by atoms with Gasteiger partial charge in [-0.05, 0) is 47.0 Å². The Hall–Kier alpha value is -0.940. The first-order valence-electron chi connectivity index (χ1n) is 5.59. The number of nitrogens with zero attached hydrogens (tertiary/aromatic N) is 1. The Bertz CT molecular complexity index is 439. The molecule has 92 valence electrons. The number of carbonyl (C=O) groups is 1. The van der Waals surface area contributed by atoms with Gasteiger partial charge < -0.3 is 10.6 Å². The highest BCUT2D eigenvalue weighted by atomic mass is 79.9. The fourth-order valence-corrected chi connectivity index (χ4v) is 2.39. The first-order chi connectivity index (χ1) is 8.13. The highest BCUT2D eigenvalue weighted by molar-refractivity contribution is 9.10. The van der Waals surface area contributed by atoms with E-state index in [1.807, 2.05) is 0 Å². The van der Waals surface area contributed by atoms with Gasteiger partial charge in [0.15, 0.2) is 0 Å². The largest absolute Gasteiger partial charge is 0.334 e. The van der Waals surface area contributed by atoms with Crippen molar-refractivity contribution in [3.8, 4) is 0 Å². The van der Waals surface area contributed by atoms with Gasteiger partial charge in [-0.25, -0.2) is 4.39 Å². The topological polar surface area (TPSA) is 46.3 Å². The van der Waals surface area contributed by atoms with E-state index in [1.165, 1.54) is 6.07 Å². The van der Waals surface area contributed by atoms with E-state index < -0.39 is 5.82 Å². The summed E-state index contributed by atoms with van der Waals surface area (Å²) in [5, 5.41) is 0. The third kappa shape index (κ3) is 2.50. The first-order valence-corrected chi connectivity index (χ1v) is 6.39. The summed E-state index contributed by atoms with van der Waals surface area (Å²) in [6, 6.07) is 4.53. The molecule has 2 N–H and O–H groups in total. The fraction of sp³-hybridized carbons (Fsp3) is 0.417. The van der Waals surface area contributed by atoms with E-state index in [2.05, 4.69) is 15.9 Å². The Morgan fingerprint density at radius 1 is 1.59 bits per heavy atom. The van der Waals surface area contributed by atoms with Crippen LogP contribution in [-0.4, -0.2) is 29.9 Å². The summed E-state index contributed by atoms with van der Waals surface area (Å²) in [6.45, 7) is 1.17. The number of carbonyl (C=O) groups excluding carboxylic acids is 1. The lowest BCUT2D eigenvalue weighted by molar-refractivity contribution is 0.0740. The quantitative estimate of drug-likeness (QED) is 0.910. The minimum Gasteiger partial charge on any atom is -0.334 e. The smallest absolute Gasteiger partial charge is 0.254 e. The molecular weight excluding hydrogens is 287 g/mol. The lowest BCUT2D eigenvalue weighted by atomic mass is 10.1. The van der Waals surface area contributed by atoms with Gasteiger partial charge in [0.2, 0.25) is 0 Å². The number of amides is 1. The average molecular weight is 301 g/mol. The van der Waals surface area contributed by atoms with Crippen LogP contribution in [0.2, 0.25) is 0 Å². The van der Waals surface area contributed by atoms with Crippen LogP contribution in [-0.2, 0) is 0 Å². The molecule has 1 aromatic carbocycles. The Morgan fingerprint density at radius 2 is 2.35 bits per heavy atom. The van der Waals surface area contributed by atoms with Crippen molar-refractivity contribution in [1.29, 1.82) is 0 Å². The molecule has 0 aliphatic carbocycles. The lowest BCUT2D eigenvalue weighted by Crippen LogP contribution is -2.39. The minimum atomic E-state index is -0.417. The Labute approximate surface area is 108 Å². The summed E-state index contributed by atoms with van der Waals surface area (Å²) >= 11 is 3.07. The van der Waals surface area contributed by atoms with Gasteiger partial charge in [-0.2, -0.15) is 0 Å². The maximum absolute atomic E-state index is 13.4. The second-order valence-electron chi connectivity index (χ2n) is 4.16. The second-order valence-corrected chi connectivity index (χ2v) is 5.01. The third-order valence-corrected chi connectivity index (χ3v) is 3.72. The number of halogens is 2. The molecule has 17 heavy (non-hydrogen) atoms. The predicted molar refractivity (Wildman–Crippen MR) is 67.2 cm³/mol. The average Bonchev–Trinajstić information content (AvgIpc) is 2.80. The molecule has 0 unspecified atom stereocenters. The summed E-state index contributed by atoms with van der Waals surface area (Å²) in [7, 11) is 0. The van der Waals surface area contributed by atoms with Crippen molar-refractivity contribution in [2.45, 2.75) is 18.9 Å². The van der Waals surface area contributed by atoms with Gasteiger partial charge in [0.1, 0.15) is 5.82 Å². The Kier molecular flexibility index (Phi) is 3.79. The van der Waals surface area contributed by atoms with Crippen LogP contribution >= 0.6 is 15.9 Å². The van der Waals surface area contributed by atoms with Crippen LogP contribution in [0.1, 0.15) is 23.2 Å². The Balaban J connectivity index is 2.21. The number of nitrogens with two attached hydrogens (primary N) is 1. The van der Waals surface area contributed by atoms with Crippen LogP contribution in [0.5, 0.6) is 0 Å². The number of rotatable bonds is 2. The monoisotopic (exact) mass is 300 g/mol. The van der Waals surface area contributed by atoms with Crippen LogP contribution in [0.4, 0.5) is 4.39 Å². The van der Waals surface area contributed by atoms with Crippen molar-refractivity contribution < 1.29 is 9.18 Å². The van der Waals surface area contributed by atoms with E-state index >= 15 is 0 Å². The molecule has 1 atom stereocenters. The molecule has 1 amide bonds. The molecule has 0 radical (unpaired) electrons. The van der Waals surface area contributed by atoms with E-state index in [1.54, 1.807) is 17.0 Å². The summed E-state index contributed by atoms with van der Waals surface area (Å²) in [6.07, 6.45) is 1.90. The molecule has 0 saturated carbocycles.